The summed E-state index contributed by atoms with van der Waals surface area (Å²) in [6.45, 7) is 1.87. The van der Waals surface area contributed by atoms with Gasteiger partial charge in [0.15, 0.2) is 6.04 Å². The monoisotopic (exact) mass is 186 g/mol. The summed E-state index contributed by atoms with van der Waals surface area (Å²) >= 11 is 0. The fourth-order valence-electron chi connectivity index (χ4n) is 1.25. The molecule has 70 valence electrons. The van der Waals surface area contributed by atoms with Crippen molar-refractivity contribution in [2.45, 2.75) is 18.9 Å². The Hall–Kier alpha value is -1.91. The van der Waals surface area contributed by atoms with E-state index in [1.165, 1.54) is 6.08 Å². The number of isocyanates is 1. The van der Waals surface area contributed by atoms with Crippen LogP contribution in [0.3, 0.4) is 0 Å². The predicted molar refractivity (Wildman–Crippen MR) is 52.4 cm³/mol. The van der Waals surface area contributed by atoms with E-state index < -0.39 is 6.04 Å². The number of hydrogen-bond donors (Lipinski definition) is 0. The first-order valence-corrected chi connectivity index (χ1v) is 4.31. The molecule has 14 heavy (non-hydrogen) atoms. The fourth-order valence-corrected chi connectivity index (χ4v) is 1.25. The van der Waals surface area contributed by atoms with Gasteiger partial charge in [-0.15, -0.1) is 0 Å². The summed E-state index contributed by atoms with van der Waals surface area (Å²) in [6.07, 6.45) is 1.42. The van der Waals surface area contributed by atoms with Crippen LogP contribution in [0.2, 0.25) is 0 Å². The number of carbonyl (C=O) groups excluding carboxylic acids is 1. The molecule has 0 heterocycles. The Morgan fingerprint density at radius 2 is 2.00 bits per heavy atom. The summed E-state index contributed by atoms with van der Waals surface area (Å²) in [4.78, 5) is 13.5. The van der Waals surface area contributed by atoms with Crippen molar-refractivity contribution in [1.82, 2.24) is 0 Å². The molecule has 1 aromatic carbocycles. The zero-order valence-electron chi connectivity index (χ0n) is 7.84. The molecular weight excluding hydrogens is 176 g/mol. The standard InChI is InChI=1S/C11H10N2O/c1-9(11(7-12)13-8-14)10-5-3-2-4-6-10/h2-6,9,11H,1H3. The highest BCUT2D eigenvalue weighted by atomic mass is 16.1. The number of aliphatic imine (C=N–C) groups is 1. The number of nitriles is 1. The van der Waals surface area contributed by atoms with Crippen molar-refractivity contribution in [3.05, 3.63) is 35.9 Å². The van der Waals surface area contributed by atoms with E-state index in [-0.39, 0.29) is 5.92 Å². The van der Waals surface area contributed by atoms with Crippen LogP contribution in [0.5, 0.6) is 0 Å². The number of nitrogens with zero attached hydrogens (tertiary/aromatic N) is 2. The van der Waals surface area contributed by atoms with Crippen molar-refractivity contribution < 1.29 is 4.79 Å². The van der Waals surface area contributed by atoms with Gasteiger partial charge in [0.05, 0.1) is 6.07 Å². The predicted octanol–water partition coefficient (Wildman–Crippen LogP) is 2.02. The molecule has 0 fully saturated rings. The first kappa shape index (κ1) is 10.2. The van der Waals surface area contributed by atoms with Crippen LogP contribution in [-0.4, -0.2) is 12.1 Å². The molecule has 3 nitrogen and oxygen atoms in total. The second-order valence-electron chi connectivity index (χ2n) is 2.99. The topological polar surface area (TPSA) is 53.2 Å². The number of rotatable bonds is 3. The highest BCUT2D eigenvalue weighted by molar-refractivity contribution is 5.36. The quantitative estimate of drug-likeness (QED) is 0.535. The second-order valence-corrected chi connectivity index (χ2v) is 2.99. The molecule has 2 unspecified atom stereocenters. The molecule has 0 N–H and O–H groups in total. The van der Waals surface area contributed by atoms with E-state index >= 15 is 0 Å². The van der Waals surface area contributed by atoms with Crippen LogP contribution in [-0.2, 0) is 4.79 Å². The Balaban J connectivity index is 2.90. The van der Waals surface area contributed by atoms with E-state index in [0.717, 1.165) is 5.56 Å². The summed E-state index contributed by atoms with van der Waals surface area (Å²) in [5.74, 6) is -0.0809. The maximum atomic E-state index is 10.1. The molecule has 0 spiro atoms. The van der Waals surface area contributed by atoms with Gasteiger partial charge in [-0.3, -0.25) is 0 Å². The SMILES string of the molecule is CC(c1ccccc1)C(C#N)N=C=O. The summed E-state index contributed by atoms with van der Waals surface area (Å²) in [5, 5.41) is 8.77. The van der Waals surface area contributed by atoms with E-state index in [9.17, 15) is 4.79 Å². The second kappa shape index (κ2) is 4.96. The van der Waals surface area contributed by atoms with Crippen molar-refractivity contribution in [2.24, 2.45) is 4.99 Å². The average molecular weight is 186 g/mol. The molecule has 0 radical (unpaired) electrons. The van der Waals surface area contributed by atoms with Gasteiger partial charge in [0, 0.05) is 5.92 Å². The lowest BCUT2D eigenvalue weighted by molar-refractivity contribution is 0.556. The third kappa shape index (κ3) is 2.29. The van der Waals surface area contributed by atoms with Crippen LogP contribution in [0.1, 0.15) is 18.4 Å². The van der Waals surface area contributed by atoms with Crippen LogP contribution < -0.4 is 0 Å². The zero-order valence-corrected chi connectivity index (χ0v) is 7.84. The van der Waals surface area contributed by atoms with Crippen LogP contribution in [0.4, 0.5) is 0 Å². The maximum absolute atomic E-state index is 10.1. The molecule has 0 aromatic heterocycles. The molecule has 0 bridgehead atoms. The molecule has 0 aliphatic heterocycles. The molecule has 0 saturated heterocycles. The Kier molecular flexibility index (Phi) is 3.60. The fraction of sp³-hybridized carbons (Fsp3) is 0.273. The first-order valence-electron chi connectivity index (χ1n) is 4.31. The van der Waals surface area contributed by atoms with Crippen molar-refractivity contribution in [3.63, 3.8) is 0 Å². The lowest BCUT2D eigenvalue weighted by atomic mass is 9.95. The largest absolute Gasteiger partial charge is 0.236 e. The van der Waals surface area contributed by atoms with Gasteiger partial charge in [0.1, 0.15) is 0 Å². The molecule has 1 rings (SSSR count). The molecule has 0 aliphatic rings. The molecule has 3 heteroatoms. The van der Waals surface area contributed by atoms with E-state index in [1.54, 1.807) is 0 Å². The van der Waals surface area contributed by atoms with Gasteiger partial charge in [-0.1, -0.05) is 37.3 Å². The number of hydrogen-bond acceptors (Lipinski definition) is 3. The minimum absolute atomic E-state index is 0.0809. The first-order chi connectivity index (χ1) is 6.79. The van der Waals surface area contributed by atoms with E-state index in [2.05, 4.69) is 4.99 Å². The highest BCUT2D eigenvalue weighted by Crippen LogP contribution is 2.20. The average Bonchev–Trinajstić information content (AvgIpc) is 2.26. The van der Waals surface area contributed by atoms with Crippen LogP contribution in [0, 0.1) is 11.3 Å². The summed E-state index contributed by atoms with van der Waals surface area (Å²) in [5.41, 5.74) is 0.998. The Labute approximate surface area is 82.7 Å². The van der Waals surface area contributed by atoms with Gasteiger partial charge in [0.25, 0.3) is 0 Å². The van der Waals surface area contributed by atoms with Gasteiger partial charge < -0.3 is 0 Å². The Morgan fingerprint density at radius 3 is 2.50 bits per heavy atom. The maximum Gasteiger partial charge on any atom is 0.236 e. The molecular formula is C11H10N2O. The Bertz CT molecular complexity index is 374. The van der Waals surface area contributed by atoms with Crippen molar-refractivity contribution in [1.29, 1.82) is 5.26 Å². The van der Waals surface area contributed by atoms with Gasteiger partial charge in [-0.05, 0) is 5.56 Å². The van der Waals surface area contributed by atoms with Gasteiger partial charge >= 0.3 is 0 Å². The molecule has 1 aromatic rings. The van der Waals surface area contributed by atoms with Crippen molar-refractivity contribution in [3.8, 4) is 6.07 Å². The van der Waals surface area contributed by atoms with E-state index in [4.69, 9.17) is 5.26 Å². The normalized spacial score (nSPS) is 13.4. The molecule has 0 amide bonds. The van der Waals surface area contributed by atoms with Gasteiger partial charge in [-0.25, -0.2) is 4.79 Å². The third-order valence-corrected chi connectivity index (χ3v) is 2.12. The minimum atomic E-state index is -0.644. The van der Waals surface area contributed by atoms with Crippen molar-refractivity contribution in [2.75, 3.05) is 0 Å². The van der Waals surface area contributed by atoms with E-state index in [0.29, 0.717) is 0 Å². The smallest absolute Gasteiger partial charge is 0.211 e. The number of benzene rings is 1. The summed E-state index contributed by atoms with van der Waals surface area (Å²) in [7, 11) is 0. The zero-order chi connectivity index (χ0) is 10.4. The third-order valence-electron chi connectivity index (χ3n) is 2.12. The summed E-state index contributed by atoms with van der Waals surface area (Å²) < 4.78 is 0. The lowest BCUT2D eigenvalue weighted by Crippen LogP contribution is -2.11. The highest BCUT2D eigenvalue weighted by Gasteiger charge is 2.16. The molecule has 0 saturated carbocycles. The van der Waals surface area contributed by atoms with Crippen LogP contribution in [0.15, 0.2) is 35.3 Å². The lowest BCUT2D eigenvalue weighted by Gasteiger charge is -2.12. The van der Waals surface area contributed by atoms with Gasteiger partial charge in [-0.2, -0.15) is 10.3 Å². The minimum Gasteiger partial charge on any atom is -0.211 e. The van der Waals surface area contributed by atoms with Crippen LogP contribution >= 0.6 is 0 Å². The Morgan fingerprint density at radius 1 is 1.36 bits per heavy atom. The van der Waals surface area contributed by atoms with Crippen molar-refractivity contribution >= 4 is 6.08 Å². The molecule has 0 aliphatic carbocycles. The van der Waals surface area contributed by atoms with Crippen LogP contribution in [0.25, 0.3) is 0 Å². The summed E-state index contributed by atoms with van der Waals surface area (Å²) in [6, 6.07) is 10.8. The van der Waals surface area contributed by atoms with E-state index in [1.807, 2.05) is 43.3 Å². The van der Waals surface area contributed by atoms with Gasteiger partial charge in [0.2, 0.25) is 6.08 Å². The molecule has 2 atom stereocenters.